The highest BCUT2D eigenvalue weighted by atomic mass is 32.1. The van der Waals surface area contributed by atoms with E-state index < -0.39 is 0 Å². The molecule has 1 saturated heterocycles. The second-order valence-electron chi connectivity index (χ2n) is 10.1. The maximum atomic E-state index is 10.1. The first-order chi connectivity index (χ1) is 17.1. The summed E-state index contributed by atoms with van der Waals surface area (Å²) in [5.41, 5.74) is 4.46. The zero-order valence-corrected chi connectivity index (χ0v) is 21.2. The first kappa shape index (κ1) is 22.5. The molecule has 182 valence electrons. The molecule has 0 bridgehead atoms. The molecule has 3 aliphatic rings. The van der Waals surface area contributed by atoms with Crippen LogP contribution in [0.15, 0.2) is 16.8 Å². The average Bonchev–Trinajstić information content (AvgIpc) is 3.36. The third-order valence-corrected chi connectivity index (χ3v) is 9.05. The lowest BCUT2D eigenvalue weighted by molar-refractivity contribution is 0.236. The highest BCUT2D eigenvalue weighted by Gasteiger charge is 2.50. The zero-order valence-electron chi connectivity index (χ0n) is 20.4. The van der Waals surface area contributed by atoms with Crippen molar-refractivity contribution in [1.82, 2.24) is 20.4 Å². The highest BCUT2D eigenvalue weighted by Crippen LogP contribution is 2.56. The van der Waals surface area contributed by atoms with Crippen molar-refractivity contribution >= 4 is 22.3 Å². The molecule has 2 aliphatic carbocycles. The van der Waals surface area contributed by atoms with Gasteiger partial charge in [0.25, 0.3) is 0 Å². The second-order valence-corrected chi connectivity index (χ2v) is 11.2. The number of hydrogen-bond donors (Lipinski definition) is 2. The topological polar surface area (TPSA) is 103 Å². The van der Waals surface area contributed by atoms with E-state index in [4.69, 9.17) is 9.51 Å². The number of thiophene rings is 1. The molecule has 35 heavy (non-hydrogen) atoms. The molecule has 1 fully saturated rings. The van der Waals surface area contributed by atoms with Crippen LogP contribution in [0.5, 0.6) is 0 Å². The largest absolute Gasteiger partial charge is 0.379 e. The Kier molecular flexibility index (Phi) is 5.73. The van der Waals surface area contributed by atoms with E-state index in [2.05, 4.69) is 38.7 Å². The van der Waals surface area contributed by atoms with Crippen molar-refractivity contribution in [1.29, 1.82) is 5.26 Å². The molecular formula is C26H31N7OS. The fourth-order valence-electron chi connectivity index (χ4n) is 6.41. The maximum absolute atomic E-state index is 10.1. The number of anilines is 2. The van der Waals surface area contributed by atoms with E-state index in [9.17, 15) is 5.26 Å². The summed E-state index contributed by atoms with van der Waals surface area (Å²) in [5, 5.41) is 22.4. The Labute approximate surface area is 209 Å². The smallest absolute Gasteiger partial charge is 0.225 e. The number of nitrogens with zero attached hydrogens (tertiary/aromatic N) is 5. The number of hydrogen-bond acceptors (Lipinski definition) is 9. The quantitative estimate of drug-likeness (QED) is 0.567. The van der Waals surface area contributed by atoms with Crippen LogP contribution in [0.4, 0.5) is 10.9 Å². The van der Waals surface area contributed by atoms with Crippen molar-refractivity contribution in [2.75, 3.05) is 43.4 Å². The standard InChI is InChI=1S/C26H31N7OS/c1-16-13-17-22(19-6-9-30-25(31-19)33-11-4-8-29-10-12-33)32-34-23(17)26(14-16)7-3-5-20-21(26)18(15-27)24(28-2)35-20/h6,9,16,28-29H,3-5,7-8,10-14H2,1-2H3. The molecule has 4 heterocycles. The van der Waals surface area contributed by atoms with Crippen LogP contribution in [0.1, 0.15) is 59.9 Å². The summed E-state index contributed by atoms with van der Waals surface area (Å²) in [6.45, 7) is 6.11. The molecule has 3 aromatic rings. The minimum Gasteiger partial charge on any atom is -0.379 e. The van der Waals surface area contributed by atoms with Crippen LogP contribution in [-0.4, -0.2) is 48.4 Å². The third-order valence-electron chi connectivity index (χ3n) is 7.79. The predicted octanol–water partition coefficient (Wildman–Crippen LogP) is 4.11. The van der Waals surface area contributed by atoms with Gasteiger partial charge in [-0.2, -0.15) is 5.26 Å². The number of rotatable bonds is 3. The van der Waals surface area contributed by atoms with Crippen molar-refractivity contribution in [2.45, 2.75) is 50.9 Å². The van der Waals surface area contributed by atoms with Crippen LogP contribution in [0, 0.1) is 17.2 Å². The summed E-state index contributed by atoms with van der Waals surface area (Å²) >= 11 is 1.73. The van der Waals surface area contributed by atoms with Crippen molar-refractivity contribution in [3.63, 3.8) is 0 Å². The average molecular weight is 490 g/mol. The van der Waals surface area contributed by atoms with E-state index in [-0.39, 0.29) is 5.41 Å². The van der Waals surface area contributed by atoms with E-state index in [1.165, 1.54) is 10.4 Å². The lowest BCUT2D eigenvalue weighted by Gasteiger charge is -2.41. The molecule has 9 heteroatoms. The van der Waals surface area contributed by atoms with Gasteiger partial charge in [0.15, 0.2) is 5.76 Å². The first-order valence-corrected chi connectivity index (χ1v) is 13.5. The monoisotopic (exact) mass is 489 g/mol. The minimum absolute atomic E-state index is 0.297. The summed E-state index contributed by atoms with van der Waals surface area (Å²) < 4.78 is 6.23. The van der Waals surface area contributed by atoms with Crippen molar-refractivity contribution in [2.24, 2.45) is 5.92 Å². The van der Waals surface area contributed by atoms with Crippen molar-refractivity contribution in [3.8, 4) is 17.5 Å². The second kappa shape index (κ2) is 8.92. The van der Waals surface area contributed by atoms with Gasteiger partial charge in [-0.05, 0) is 62.6 Å². The van der Waals surface area contributed by atoms with Crippen molar-refractivity contribution in [3.05, 3.63) is 39.6 Å². The van der Waals surface area contributed by atoms with Gasteiger partial charge in [-0.15, -0.1) is 11.3 Å². The maximum Gasteiger partial charge on any atom is 0.225 e. The molecule has 0 aromatic carbocycles. The molecule has 0 saturated carbocycles. The lowest BCUT2D eigenvalue weighted by Crippen LogP contribution is -2.38. The normalized spacial score (nSPS) is 23.9. The number of aryl methyl sites for hydroxylation is 1. The summed E-state index contributed by atoms with van der Waals surface area (Å²) in [7, 11) is 1.90. The molecule has 8 nitrogen and oxygen atoms in total. The van der Waals surface area contributed by atoms with Gasteiger partial charge < -0.3 is 20.1 Å². The summed E-state index contributed by atoms with van der Waals surface area (Å²) in [6, 6.07) is 4.46. The Morgan fingerprint density at radius 1 is 1.31 bits per heavy atom. The van der Waals surface area contributed by atoms with Gasteiger partial charge in [0, 0.05) is 43.3 Å². The Morgan fingerprint density at radius 2 is 2.23 bits per heavy atom. The Bertz CT molecular complexity index is 1280. The predicted molar refractivity (Wildman–Crippen MR) is 137 cm³/mol. The van der Waals surface area contributed by atoms with Crippen molar-refractivity contribution < 1.29 is 4.52 Å². The van der Waals surface area contributed by atoms with Gasteiger partial charge in [-0.25, -0.2) is 9.97 Å². The fourth-order valence-corrected chi connectivity index (χ4v) is 7.66. The molecule has 3 aromatic heterocycles. The van der Waals surface area contributed by atoms with Crippen LogP contribution in [0.25, 0.3) is 11.4 Å². The van der Waals surface area contributed by atoms with Crippen LogP contribution in [0.3, 0.4) is 0 Å². The molecule has 2 atom stereocenters. The third kappa shape index (κ3) is 3.62. The molecular weight excluding hydrogens is 458 g/mol. The number of fused-ring (bicyclic) bond motifs is 4. The Balaban J connectivity index is 1.46. The van der Waals surface area contributed by atoms with Crippen LogP contribution in [-0.2, 0) is 18.3 Å². The first-order valence-electron chi connectivity index (χ1n) is 12.7. The minimum atomic E-state index is -0.297. The van der Waals surface area contributed by atoms with Gasteiger partial charge in [0.05, 0.1) is 16.7 Å². The Hall–Kier alpha value is -2.96. The summed E-state index contributed by atoms with van der Waals surface area (Å²) in [5.74, 6) is 2.15. The number of nitriles is 1. The number of nitrogens with one attached hydrogen (secondary N) is 2. The Morgan fingerprint density at radius 3 is 3.09 bits per heavy atom. The van der Waals surface area contributed by atoms with E-state index >= 15 is 0 Å². The van der Waals surface area contributed by atoms with Gasteiger partial charge in [0.2, 0.25) is 5.95 Å². The molecule has 2 N–H and O–H groups in total. The van der Waals surface area contributed by atoms with Crippen LogP contribution < -0.4 is 15.5 Å². The molecule has 2 unspecified atom stereocenters. The van der Waals surface area contributed by atoms with Crippen LogP contribution in [0.2, 0.25) is 0 Å². The summed E-state index contributed by atoms with van der Waals surface area (Å²) in [4.78, 5) is 13.1. The molecule has 0 radical (unpaired) electrons. The molecule has 1 aliphatic heterocycles. The highest BCUT2D eigenvalue weighted by molar-refractivity contribution is 7.16. The van der Waals surface area contributed by atoms with E-state index in [1.54, 1.807) is 11.3 Å². The van der Waals surface area contributed by atoms with Gasteiger partial charge >= 0.3 is 0 Å². The molecule has 0 amide bonds. The van der Waals surface area contributed by atoms with E-state index in [1.807, 2.05) is 19.3 Å². The van der Waals surface area contributed by atoms with Gasteiger partial charge in [-0.1, -0.05) is 12.1 Å². The zero-order chi connectivity index (χ0) is 24.0. The molecule has 1 spiro atoms. The SMILES string of the molecule is CNc1sc2c(c1C#N)C1(CCC2)CC(C)Cc2c(-c3ccnc(N4CCCNCC4)n3)noc21. The fraction of sp³-hybridized carbons (Fsp3) is 0.538. The molecule has 6 rings (SSSR count). The number of aromatic nitrogens is 3. The lowest BCUT2D eigenvalue weighted by atomic mass is 9.61. The van der Waals surface area contributed by atoms with Crippen LogP contribution >= 0.6 is 11.3 Å². The van der Waals surface area contributed by atoms with E-state index in [0.29, 0.717) is 5.92 Å². The van der Waals surface area contributed by atoms with Gasteiger partial charge in [0.1, 0.15) is 16.8 Å². The summed E-state index contributed by atoms with van der Waals surface area (Å²) in [6.07, 6.45) is 7.88. The van der Waals surface area contributed by atoms with E-state index in [0.717, 1.165) is 104 Å². The van der Waals surface area contributed by atoms with Gasteiger partial charge in [-0.3, -0.25) is 0 Å².